The summed E-state index contributed by atoms with van der Waals surface area (Å²) in [4.78, 5) is 11.0. The van der Waals surface area contributed by atoms with Gasteiger partial charge in [-0.05, 0) is 0 Å². The van der Waals surface area contributed by atoms with Crippen LogP contribution in [0.5, 0.6) is 0 Å². The van der Waals surface area contributed by atoms with Crippen molar-refractivity contribution in [1.82, 2.24) is 0 Å². The summed E-state index contributed by atoms with van der Waals surface area (Å²) in [6.07, 6.45) is 0. The van der Waals surface area contributed by atoms with Gasteiger partial charge < -0.3 is 9.53 Å². The van der Waals surface area contributed by atoms with Crippen LogP contribution < -0.4 is 0 Å². The summed E-state index contributed by atoms with van der Waals surface area (Å²) in [7, 11) is 1.36. The molecule has 0 heterocycles. The van der Waals surface area contributed by atoms with Crippen LogP contribution in [-0.4, -0.2) is 13.1 Å². The largest absolute Gasteiger partial charge is 1.00 e. The van der Waals surface area contributed by atoms with Crippen LogP contribution in [0, 0.1) is 13.0 Å². The summed E-state index contributed by atoms with van der Waals surface area (Å²) in [6, 6.07) is 8.19. The van der Waals surface area contributed by atoms with Gasteiger partial charge in [-0.2, -0.15) is 0 Å². The van der Waals surface area contributed by atoms with Crippen molar-refractivity contribution in [3.05, 3.63) is 35.4 Å². The molecule has 0 N–H and O–H groups in total. The van der Waals surface area contributed by atoms with Crippen molar-refractivity contribution < 1.29 is 29.0 Å². The van der Waals surface area contributed by atoms with Gasteiger partial charge >= 0.3 is 19.5 Å². The molecule has 65 valence electrons. The van der Waals surface area contributed by atoms with E-state index in [1.807, 2.05) is 19.1 Å². The summed E-state index contributed by atoms with van der Waals surface area (Å²) < 4.78 is 4.55. The van der Waals surface area contributed by atoms with Crippen LogP contribution in [0.3, 0.4) is 0 Å². The fourth-order valence-corrected chi connectivity index (χ4v) is 0.843. The Bertz CT molecular complexity index is 271. The van der Waals surface area contributed by atoms with Crippen molar-refractivity contribution in [2.24, 2.45) is 0 Å². The van der Waals surface area contributed by atoms with Crippen LogP contribution in [0.4, 0.5) is 0 Å². The Hall–Kier alpha value is -0.687. The number of hydrogen-bond acceptors (Lipinski definition) is 2. The van der Waals surface area contributed by atoms with Crippen molar-refractivity contribution in [3.63, 3.8) is 0 Å². The number of hydrogen-bond donors (Lipinski definition) is 0. The maximum atomic E-state index is 11.0. The van der Waals surface area contributed by atoms with E-state index in [0.29, 0.717) is 5.56 Å². The van der Waals surface area contributed by atoms with E-state index in [1.165, 1.54) is 7.11 Å². The molecule has 0 spiro atoms. The molecule has 12 heavy (non-hydrogen) atoms. The zero-order valence-corrected chi connectivity index (χ0v) is 8.64. The zero-order valence-electron chi connectivity index (χ0n) is 6.90. The van der Waals surface area contributed by atoms with E-state index in [0.717, 1.165) is 5.56 Å². The fraction of sp³-hybridized carbons (Fsp3) is 0.222. The molecule has 1 aromatic carbocycles. The van der Waals surface area contributed by atoms with E-state index in [2.05, 4.69) is 10.8 Å². The maximum Gasteiger partial charge on any atom is 1.00 e. The van der Waals surface area contributed by atoms with Gasteiger partial charge in [-0.25, -0.2) is 0 Å². The first-order valence-electron chi connectivity index (χ1n) is 3.31. The van der Waals surface area contributed by atoms with E-state index in [1.54, 1.807) is 6.07 Å². The minimum atomic E-state index is -0.330. The Morgan fingerprint density at radius 2 is 2.25 bits per heavy atom. The first kappa shape index (κ1) is 11.3. The number of benzene rings is 1. The first-order chi connectivity index (χ1) is 5.25. The van der Waals surface area contributed by atoms with E-state index in [-0.39, 0.29) is 25.4 Å². The second kappa shape index (κ2) is 5.05. The Labute approximate surface area is 84.7 Å². The number of esters is 1. The van der Waals surface area contributed by atoms with Crippen molar-refractivity contribution in [2.45, 2.75) is 6.92 Å². The fourth-order valence-electron chi connectivity index (χ4n) is 0.843. The molecule has 0 amide bonds. The molecule has 0 aliphatic heterocycles. The number of methoxy groups -OCH3 is 1. The Balaban J connectivity index is 0.00000121. The van der Waals surface area contributed by atoms with Gasteiger partial charge in [0.15, 0.2) is 0 Å². The van der Waals surface area contributed by atoms with Crippen LogP contribution in [0.25, 0.3) is 0 Å². The molecule has 1 aromatic rings. The third-order valence-electron chi connectivity index (χ3n) is 1.45. The Kier molecular flexibility index (Phi) is 4.76. The SMILES string of the molecule is COC(=O)c1[c-]cccc1C.[Ru+]. The Morgan fingerprint density at radius 3 is 2.75 bits per heavy atom. The van der Waals surface area contributed by atoms with Gasteiger partial charge in [0.1, 0.15) is 0 Å². The average Bonchev–Trinajstić information content (AvgIpc) is 2.04. The average molecular weight is 250 g/mol. The zero-order chi connectivity index (χ0) is 8.27. The van der Waals surface area contributed by atoms with Crippen LogP contribution in [-0.2, 0) is 24.2 Å². The van der Waals surface area contributed by atoms with E-state index < -0.39 is 0 Å². The molecule has 0 fully saturated rings. The van der Waals surface area contributed by atoms with Crippen LogP contribution >= 0.6 is 0 Å². The summed E-state index contributed by atoms with van der Waals surface area (Å²) >= 11 is 0. The summed E-state index contributed by atoms with van der Waals surface area (Å²) in [6.45, 7) is 1.85. The van der Waals surface area contributed by atoms with Crippen molar-refractivity contribution in [3.8, 4) is 0 Å². The molecule has 3 heteroatoms. The summed E-state index contributed by atoms with van der Waals surface area (Å²) in [5.74, 6) is -0.330. The number of aryl methyl sites for hydroxylation is 1. The predicted octanol–water partition coefficient (Wildman–Crippen LogP) is 1.58. The molecule has 0 bridgehead atoms. The topological polar surface area (TPSA) is 26.3 Å². The molecular weight excluding hydrogens is 241 g/mol. The van der Waals surface area contributed by atoms with Crippen molar-refractivity contribution in [1.29, 1.82) is 0 Å². The van der Waals surface area contributed by atoms with E-state index in [4.69, 9.17) is 0 Å². The monoisotopic (exact) mass is 251 g/mol. The van der Waals surface area contributed by atoms with Gasteiger partial charge in [0, 0.05) is 0 Å². The quantitative estimate of drug-likeness (QED) is 0.430. The van der Waals surface area contributed by atoms with Gasteiger partial charge in [0.25, 0.3) is 0 Å². The van der Waals surface area contributed by atoms with Gasteiger partial charge in [-0.1, -0.05) is 12.5 Å². The first-order valence-corrected chi connectivity index (χ1v) is 3.31. The molecule has 0 saturated heterocycles. The standard InChI is InChI=1S/C9H9O2.Ru/c1-7-5-3-4-6-8(7)9(10)11-2;/h3-5H,1-2H3;/q-1;+1. The molecule has 0 aliphatic rings. The number of ether oxygens (including phenoxy) is 1. The predicted molar refractivity (Wildman–Crippen MR) is 41.4 cm³/mol. The third kappa shape index (κ3) is 2.42. The molecule has 2 nitrogen and oxygen atoms in total. The van der Waals surface area contributed by atoms with Crippen LogP contribution in [0.15, 0.2) is 18.2 Å². The number of carbonyl (C=O) groups excluding carboxylic acids is 1. The number of carbonyl (C=O) groups is 1. The van der Waals surface area contributed by atoms with E-state index >= 15 is 0 Å². The molecule has 1 radical (unpaired) electrons. The molecule has 0 aliphatic carbocycles. The third-order valence-corrected chi connectivity index (χ3v) is 1.45. The molecule has 0 atom stereocenters. The summed E-state index contributed by atoms with van der Waals surface area (Å²) in [5.41, 5.74) is 1.40. The molecular formula is C9H9O2Ru. The second-order valence-electron chi connectivity index (χ2n) is 2.22. The van der Waals surface area contributed by atoms with Crippen molar-refractivity contribution >= 4 is 5.97 Å². The van der Waals surface area contributed by atoms with Gasteiger partial charge in [0.2, 0.25) is 5.97 Å². The van der Waals surface area contributed by atoms with Crippen molar-refractivity contribution in [2.75, 3.05) is 7.11 Å². The van der Waals surface area contributed by atoms with Crippen LogP contribution in [0.1, 0.15) is 15.9 Å². The van der Waals surface area contributed by atoms with Crippen LogP contribution in [0.2, 0.25) is 0 Å². The molecule has 0 aromatic heterocycles. The van der Waals surface area contributed by atoms with E-state index in [9.17, 15) is 4.79 Å². The smallest absolute Gasteiger partial charge is 0.509 e. The second-order valence-corrected chi connectivity index (χ2v) is 2.22. The normalized spacial score (nSPS) is 8.50. The van der Waals surface area contributed by atoms with Gasteiger partial charge in [0.05, 0.1) is 7.11 Å². The molecule has 1 rings (SSSR count). The van der Waals surface area contributed by atoms with Gasteiger partial charge in [-0.15, -0.1) is 29.8 Å². The molecule has 0 saturated carbocycles. The number of rotatable bonds is 1. The minimum Gasteiger partial charge on any atom is -0.509 e. The summed E-state index contributed by atoms with van der Waals surface area (Å²) in [5, 5.41) is 0. The minimum absolute atomic E-state index is 0. The molecule has 0 unspecified atom stereocenters. The van der Waals surface area contributed by atoms with Gasteiger partial charge in [-0.3, -0.25) is 0 Å². The maximum absolute atomic E-state index is 11.0. The Morgan fingerprint density at radius 1 is 1.58 bits per heavy atom.